The van der Waals surface area contributed by atoms with Gasteiger partial charge in [0, 0.05) is 57.8 Å². The predicted octanol–water partition coefficient (Wildman–Crippen LogP) is 2.75. The molecular weight excluding hydrogens is 416 g/mol. The molecule has 0 atom stereocenters. The first-order valence-corrected chi connectivity index (χ1v) is 11.9. The first-order valence-electron chi connectivity index (χ1n) is 11.9. The number of hydrogen-bond acceptors (Lipinski definition) is 5. The van der Waals surface area contributed by atoms with Gasteiger partial charge in [0.2, 0.25) is 11.8 Å². The summed E-state index contributed by atoms with van der Waals surface area (Å²) in [6.07, 6.45) is 0.410. The maximum atomic E-state index is 12.7. The third-order valence-corrected chi connectivity index (χ3v) is 6.63. The zero-order chi connectivity index (χ0) is 23.2. The van der Waals surface area contributed by atoms with E-state index in [0.717, 1.165) is 44.2 Å². The molecule has 0 unspecified atom stereocenters. The topological polar surface area (TPSA) is 65.1 Å². The minimum absolute atomic E-state index is 0.0385. The van der Waals surface area contributed by atoms with Crippen molar-refractivity contribution in [1.82, 2.24) is 10.2 Å². The second-order valence-electron chi connectivity index (χ2n) is 8.76. The summed E-state index contributed by atoms with van der Waals surface area (Å²) in [5.74, 6) is 0.613. The van der Waals surface area contributed by atoms with Crippen LogP contribution in [-0.2, 0) is 9.59 Å². The van der Waals surface area contributed by atoms with Crippen LogP contribution in [0.4, 0.5) is 11.4 Å². The smallest absolute Gasteiger partial charge is 0.227 e. The average Bonchev–Trinajstić information content (AvgIpc) is 2.84. The highest BCUT2D eigenvalue weighted by Crippen LogP contribution is 2.31. The van der Waals surface area contributed by atoms with Crippen molar-refractivity contribution in [2.75, 3.05) is 62.2 Å². The lowest BCUT2D eigenvalue weighted by Gasteiger charge is -2.37. The highest BCUT2D eigenvalue weighted by Gasteiger charge is 2.23. The number of anilines is 2. The molecule has 7 nitrogen and oxygen atoms in total. The number of piperazine rings is 1. The van der Waals surface area contributed by atoms with Crippen LogP contribution in [0.5, 0.6) is 5.75 Å². The van der Waals surface area contributed by atoms with Gasteiger partial charge in [-0.25, -0.2) is 0 Å². The van der Waals surface area contributed by atoms with Gasteiger partial charge in [0.05, 0.1) is 12.2 Å². The second kappa shape index (κ2) is 10.7. The molecule has 0 aliphatic carbocycles. The molecule has 7 heteroatoms. The summed E-state index contributed by atoms with van der Waals surface area (Å²) in [7, 11) is 0. The van der Waals surface area contributed by atoms with Crippen molar-refractivity contribution in [3.8, 4) is 5.75 Å². The average molecular weight is 451 g/mol. The molecule has 0 saturated carbocycles. The van der Waals surface area contributed by atoms with E-state index in [9.17, 15) is 9.59 Å². The molecule has 2 aliphatic heterocycles. The fraction of sp³-hybridized carbons (Fsp3) is 0.462. The van der Waals surface area contributed by atoms with Gasteiger partial charge in [-0.3, -0.25) is 14.5 Å². The first-order chi connectivity index (χ1) is 16.0. The molecule has 2 heterocycles. The van der Waals surface area contributed by atoms with Crippen molar-refractivity contribution in [2.24, 2.45) is 0 Å². The summed E-state index contributed by atoms with van der Waals surface area (Å²) in [6, 6.07) is 14.0. The molecule has 1 fully saturated rings. The number of carbonyl (C=O) groups excluding carboxylic acids is 2. The van der Waals surface area contributed by atoms with E-state index in [-0.39, 0.29) is 24.7 Å². The van der Waals surface area contributed by atoms with Crippen LogP contribution in [0.15, 0.2) is 42.5 Å². The molecule has 1 saturated heterocycles. The number of fused-ring (bicyclic) bond motifs is 1. The molecule has 4 rings (SSSR count). The van der Waals surface area contributed by atoms with Crippen molar-refractivity contribution >= 4 is 23.2 Å². The van der Waals surface area contributed by atoms with Gasteiger partial charge in [-0.1, -0.05) is 24.3 Å². The first kappa shape index (κ1) is 23.1. The molecule has 0 bridgehead atoms. The van der Waals surface area contributed by atoms with Gasteiger partial charge in [-0.05, 0) is 43.2 Å². The predicted molar refractivity (Wildman–Crippen MR) is 131 cm³/mol. The number of nitrogens with zero attached hydrogens (tertiary/aromatic N) is 3. The van der Waals surface area contributed by atoms with Crippen LogP contribution in [0.2, 0.25) is 0 Å². The van der Waals surface area contributed by atoms with Gasteiger partial charge >= 0.3 is 0 Å². The zero-order valence-corrected chi connectivity index (χ0v) is 19.7. The fourth-order valence-corrected chi connectivity index (χ4v) is 4.52. The molecule has 33 heavy (non-hydrogen) atoms. The van der Waals surface area contributed by atoms with Crippen LogP contribution in [0, 0.1) is 13.8 Å². The van der Waals surface area contributed by atoms with Gasteiger partial charge in [-0.2, -0.15) is 0 Å². The number of aryl methyl sites for hydroxylation is 1. The van der Waals surface area contributed by atoms with Gasteiger partial charge < -0.3 is 19.9 Å². The number of para-hydroxylation sites is 2. The van der Waals surface area contributed by atoms with E-state index in [2.05, 4.69) is 47.2 Å². The van der Waals surface area contributed by atoms with Crippen LogP contribution in [0.25, 0.3) is 0 Å². The van der Waals surface area contributed by atoms with Gasteiger partial charge in [-0.15, -0.1) is 0 Å². The zero-order valence-electron chi connectivity index (χ0n) is 19.7. The number of hydrogen-bond donors (Lipinski definition) is 1. The lowest BCUT2D eigenvalue weighted by molar-refractivity contribution is -0.125. The molecule has 0 radical (unpaired) electrons. The molecular formula is C26H34N4O3. The van der Waals surface area contributed by atoms with Crippen molar-refractivity contribution in [3.05, 3.63) is 53.6 Å². The van der Waals surface area contributed by atoms with Crippen LogP contribution in [-0.4, -0.2) is 69.1 Å². The van der Waals surface area contributed by atoms with Crippen LogP contribution >= 0.6 is 0 Å². The number of carbonyl (C=O) groups is 2. The summed E-state index contributed by atoms with van der Waals surface area (Å²) >= 11 is 0. The number of nitrogens with one attached hydrogen (secondary N) is 1. The third-order valence-electron chi connectivity index (χ3n) is 6.63. The highest BCUT2D eigenvalue weighted by molar-refractivity contribution is 5.97. The minimum atomic E-state index is -0.0704. The summed E-state index contributed by atoms with van der Waals surface area (Å²) in [6.45, 7) is 10.7. The molecule has 0 aromatic heterocycles. The van der Waals surface area contributed by atoms with Crippen molar-refractivity contribution in [3.63, 3.8) is 0 Å². The van der Waals surface area contributed by atoms with Crippen LogP contribution in [0.3, 0.4) is 0 Å². The number of amides is 2. The lowest BCUT2D eigenvalue weighted by Crippen LogP contribution is -2.48. The van der Waals surface area contributed by atoms with Crippen LogP contribution < -0.4 is 19.9 Å². The maximum absolute atomic E-state index is 12.7. The van der Waals surface area contributed by atoms with E-state index in [0.29, 0.717) is 19.7 Å². The lowest BCUT2D eigenvalue weighted by atomic mass is 10.1. The SMILES string of the molecule is Cc1cccc(N2CCN(CCNC(=O)CCC(=O)N3CCOc4ccccc43)CC2)c1C. The summed E-state index contributed by atoms with van der Waals surface area (Å²) in [5.41, 5.74) is 4.80. The standard InChI is InChI=1S/C26H34N4O3/c1-20-6-5-8-22(21(20)2)29-16-14-28(15-17-29)13-12-27-25(31)10-11-26(32)30-18-19-33-24-9-4-3-7-23(24)30/h3-9H,10-19H2,1-2H3,(H,27,31). The molecule has 2 aromatic rings. The third kappa shape index (κ3) is 5.66. The Morgan fingerprint density at radius 3 is 2.48 bits per heavy atom. The summed E-state index contributed by atoms with van der Waals surface area (Å²) in [4.78, 5) is 31.5. The van der Waals surface area contributed by atoms with E-state index in [1.165, 1.54) is 16.8 Å². The Bertz CT molecular complexity index is 985. The van der Waals surface area contributed by atoms with E-state index in [1.807, 2.05) is 24.3 Å². The fourth-order valence-electron chi connectivity index (χ4n) is 4.52. The molecule has 2 aliphatic rings. The molecule has 1 N–H and O–H groups in total. The Morgan fingerprint density at radius 1 is 0.909 bits per heavy atom. The summed E-state index contributed by atoms with van der Waals surface area (Å²) in [5, 5.41) is 2.98. The highest BCUT2D eigenvalue weighted by atomic mass is 16.5. The Hall–Kier alpha value is -3.06. The Balaban J connectivity index is 1.15. The number of benzene rings is 2. The quantitative estimate of drug-likeness (QED) is 0.703. The Labute approximate surface area is 196 Å². The van der Waals surface area contributed by atoms with E-state index in [4.69, 9.17) is 4.74 Å². The van der Waals surface area contributed by atoms with Crippen LogP contribution in [0.1, 0.15) is 24.0 Å². The monoisotopic (exact) mass is 450 g/mol. The van der Waals surface area contributed by atoms with Gasteiger partial charge in [0.25, 0.3) is 0 Å². The van der Waals surface area contributed by atoms with E-state index < -0.39 is 0 Å². The summed E-state index contributed by atoms with van der Waals surface area (Å²) < 4.78 is 5.60. The van der Waals surface area contributed by atoms with Crippen molar-refractivity contribution in [2.45, 2.75) is 26.7 Å². The number of ether oxygens (including phenoxy) is 1. The largest absolute Gasteiger partial charge is 0.490 e. The second-order valence-corrected chi connectivity index (χ2v) is 8.76. The van der Waals surface area contributed by atoms with Crippen molar-refractivity contribution in [1.29, 1.82) is 0 Å². The Kier molecular flexibility index (Phi) is 7.50. The minimum Gasteiger partial charge on any atom is -0.490 e. The Morgan fingerprint density at radius 2 is 1.67 bits per heavy atom. The normalized spacial score (nSPS) is 16.2. The number of rotatable bonds is 7. The van der Waals surface area contributed by atoms with Gasteiger partial charge in [0.15, 0.2) is 0 Å². The van der Waals surface area contributed by atoms with E-state index >= 15 is 0 Å². The molecule has 2 aromatic carbocycles. The van der Waals surface area contributed by atoms with Crippen molar-refractivity contribution < 1.29 is 14.3 Å². The van der Waals surface area contributed by atoms with Gasteiger partial charge in [0.1, 0.15) is 12.4 Å². The molecule has 2 amide bonds. The van der Waals surface area contributed by atoms with E-state index in [1.54, 1.807) is 4.90 Å². The molecule has 0 spiro atoms. The maximum Gasteiger partial charge on any atom is 0.227 e. The molecule has 176 valence electrons.